The second kappa shape index (κ2) is 18.7. The molecular formula is C37H48BrClN4O5. The first kappa shape index (κ1) is 40.4. The van der Waals surface area contributed by atoms with Gasteiger partial charge in [-0.05, 0) is 72.1 Å². The van der Waals surface area contributed by atoms with E-state index in [1.54, 1.807) is 31.3 Å². The molecule has 4 N–H and O–H groups in total. The van der Waals surface area contributed by atoms with Crippen molar-refractivity contribution < 1.29 is 19.4 Å². The molecule has 0 atom stereocenters. The molecule has 0 fully saturated rings. The molecule has 0 unspecified atom stereocenters. The van der Waals surface area contributed by atoms with Crippen LogP contribution in [0.25, 0.3) is 10.9 Å². The third-order valence-electron chi connectivity index (χ3n) is 8.45. The molecule has 0 aliphatic carbocycles. The molecule has 260 valence electrons. The summed E-state index contributed by atoms with van der Waals surface area (Å²) in [6.45, 7) is 14.0. The van der Waals surface area contributed by atoms with Gasteiger partial charge in [0.15, 0.2) is 5.78 Å². The first-order chi connectivity index (χ1) is 22.6. The molecule has 0 saturated carbocycles. The van der Waals surface area contributed by atoms with Crippen molar-refractivity contribution in [3.05, 3.63) is 99.1 Å². The standard InChI is InChI=1S/C26H37ClN2O2.C9H8N2O.C2H3BrO2/c1-7-25(3,4)19-12-14-24(20(17-19)26(5,6)8-2)31-15-9-10-23(30)18-11-13-21(27)22(16-18)29-28;1-11-6-10-8-5-3-2-4-7(8)9(11)12;3-1-2(4)5/h11-14,16-17,29H,7-10,15,28H2,1-6H3;2-6H,1H3;1H2,(H,4,5). The number of nitrogens with one attached hydrogen (secondary N) is 1. The molecule has 9 nitrogen and oxygen atoms in total. The zero-order valence-corrected chi connectivity index (χ0v) is 31.2. The quantitative estimate of drug-likeness (QED) is 0.0433. The number of Topliss-reactive ketones (excluding diaryl/α,β-unsaturated/α-hetero) is 1. The van der Waals surface area contributed by atoms with E-state index in [2.05, 4.69) is 86.1 Å². The number of aromatic nitrogens is 2. The van der Waals surface area contributed by atoms with Crippen LogP contribution in [-0.4, -0.2) is 38.3 Å². The summed E-state index contributed by atoms with van der Waals surface area (Å²) in [5.74, 6) is 5.58. The minimum absolute atomic E-state index is 0.000556. The van der Waals surface area contributed by atoms with Crippen molar-refractivity contribution in [1.29, 1.82) is 0 Å². The van der Waals surface area contributed by atoms with E-state index in [1.165, 1.54) is 22.0 Å². The molecule has 0 aliphatic rings. The first-order valence-corrected chi connectivity index (χ1v) is 17.4. The Balaban J connectivity index is 0.000000382. The Morgan fingerprint density at radius 1 is 1.02 bits per heavy atom. The topological polar surface area (TPSA) is 137 Å². The average Bonchev–Trinajstić information content (AvgIpc) is 3.09. The molecule has 48 heavy (non-hydrogen) atoms. The zero-order valence-electron chi connectivity index (χ0n) is 28.9. The highest BCUT2D eigenvalue weighted by Gasteiger charge is 2.26. The summed E-state index contributed by atoms with van der Waals surface area (Å²) in [4.78, 5) is 37.4. The van der Waals surface area contributed by atoms with E-state index in [4.69, 9.17) is 27.3 Å². The minimum Gasteiger partial charge on any atom is -0.493 e. The van der Waals surface area contributed by atoms with E-state index < -0.39 is 5.97 Å². The van der Waals surface area contributed by atoms with Crippen LogP contribution in [0.2, 0.25) is 5.02 Å². The van der Waals surface area contributed by atoms with Crippen molar-refractivity contribution in [2.45, 2.75) is 78.1 Å². The number of ketones is 1. The van der Waals surface area contributed by atoms with Crippen LogP contribution in [-0.2, 0) is 22.7 Å². The zero-order chi connectivity index (χ0) is 36.1. The summed E-state index contributed by atoms with van der Waals surface area (Å²) in [7, 11) is 1.70. The fourth-order valence-corrected chi connectivity index (χ4v) is 4.70. The highest BCUT2D eigenvalue weighted by Crippen LogP contribution is 2.38. The number of carboxylic acids is 1. The first-order valence-electron chi connectivity index (χ1n) is 15.9. The van der Waals surface area contributed by atoms with Crippen molar-refractivity contribution in [3.63, 3.8) is 0 Å². The van der Waals surface area contributed by atoms with Gasteiger partial charge < -0.3 is 19.8 Å². The van der Waals surface area contributed by atoms with Gasteiger partial charge in [0.25, 0.3) is 5.56 Å². The van der Waals surface area contributed by atoms with Gasteiger partial charge in [0, 0.05) is 24.6 Å². The number of carbonyl (C=O) groups excluding carboxylic acids is 1. The van der Waals surface area contributed by atoms with E-state index in [0.717, 1.165) is 24.1 Å². The monoisotopic (exact) mass is 742 g/mol. The lowest BCUT2D eigenvalue weighted by molar-refractivity contribution is -0.133. The van der Waals surface area contributed by atoms with E-state index in [1.807, 2.05) is 18.2 Å². The molecule has 0 saturated heterocycles. The molecular weight excluding hydrogens is 696 g/mol. The molecule has 4 aromatic rings. The Labute approximate surface area is 297 Å². The highest BCUT2D eigenvalue weighted by atomic mass is 79.9. The summed E-state index contributed by atoms with van der Waals surface area (Å²) in [5.41, 5.74) is 7.11. The number of carbonyl (C=O) groups is 2. The van der Waals surface area contributed by atoms with E-state index in [0.29, 0.717) is 41.1 Å². The Bertz CT molecular complexity index is 1740. The van der Waals surface area contributed by atoms with Crippen LogP contribution in [0.5, 0.6) is 5.75 Å². The van der Waals surface area contributed by atoms with Crippen molar-refractivity contribution in [2.24, 2.45) is 12.9 Å². The smallest absolute Gasteiger partial charge is 0.314 e. The predicted octanol–water partition coefficient (Wildman–Crippen LogP) is 8.44. The molecule has 11 heteroatoms. The number of aliphatic carboxylic acids is 1. The number of rotatable bonds is 12. The van der Waals surface area contributed by atoms with Crippen LogP contribution in [0.15, 0.2) is 71.8 Å². The summed E-state index contributed by atoms with van der Waals surface area (Å²) in [6.07, 6.45) is 4.67. The largest absolute Gasteiger partial charge is 0.493 e. The summed E-state index contributed by atoms with van der Waals surface area (Å²) < 4.78 is 7.65. The van der Waals surface area contributed by atoms with Gasteiger partial charge >= 0.3 is 5.97 Å². The lowest BCUT2D eigenvalue weighted by atomic mass is 9.76. The number of hydrazine groups is 1. The number of benzene rings is 3. The van der Waals surface area contributed by atoms with E-state index in [-0.39, 0.29) is 27.5 Å². The number of nitrogens with zero attached hydrogens (tertiary/aromatic N) is 2. The number of ether oxygens (including phenoxy) is 1. The van der Waals surface area contributed by atoms with Crippen molar-refractivity contribution in [2.75, 3.05) is 17.4 Å². The summed E-state index contributed by atoms with van der Waals surface area (Å²) in [6, 6.07) is 19.0. The molecule has 3 aromatic carbocycles. The normalized spacial score (nSPS) is 11.1. The van der Waals surface area contributed by atoms with Gasteiger partial charge in [-0.2, -0.15) is 0 Å². The lowest BCUT2D eigenvalue weighted by Crippen LogP contribution is -2.21. The fourth-order valence-electron chi connectivity index (χ4n) is 4.53. The number of hydrogen-bond acceptors (Lipinski definition) is 7. The molecule has 0 spiro atoms. The molecule has 0 bridgehead atoms. The second-order valence-corrected chi connectivity index (χ2v) is 13.6. The van der Waals surface area contributed by atoms with Crippen LogP contribution in [0.1, 0.15) is 88.7 Å². The van der Waals surface area contributed by atoms with Gasteiger partial charge in [0.1, 0.15) is 11.1 Å². The molecule has 1 heterocycles. The molecule has 0 aliphatic heterocycles. The predicted molar refractivity (Wildman–Crippen MR) is 200 cm³/mol. The van der Waals surface area contributed by atoms with Crippen LogP contribution in [0, 0.1) is 0 Å². The van der Waals surface area contributed by atoms with Crippen molar-refractivity contribution >= 4 is 55.9 Å². The van der Waals surface area contributed by atoms with Crippen LogP contribution >= 0.6 is 27.5 Å². The maximum atomic E-state index is 12.5. The number of nitrogens with two attached hydrogens (primary N) is 1. The Morgan fingerprint density at radius 3 is 2.27 bits per heavy atom. The third-order valence-corrected chi connectivity index (χ3v) is 9.26. The number of para-hydroxylation sites is 1. The Hall–Kier alpha value is -3.73. The molecule has 4 rings (SSSR count). The van der Waals surface area contributed by atoms with Gasteiger partial charge in [-0.15, -0.1) is 0 Å². The van der Waals surface area contributed by atoms with Crippen LogP contribution in [0.3, 0.4) is 0 Å². The van der Waals surface area contributed by atoms with Gasteiger partial charge in [-0.1, -0.05) is 93.3 Å². The second-order valence-electron chi connectivity index (χ2n) is 12.6. The van der Waals surface area contributed by atoms with Crippen LogP contribution in [0.4, 0.5) is 5.69 Å². The highest BCUT2D eigenvalue weighted by molar-refractivity contribution is 9.09. The number of alkyl halides is 1. The van der Waals surface area contributed by atoms with Gasteiger partial charge in [0.2, 0.25) is 0 Å². The number of anilines is 1. The summed E-state index contributed by atoms with van der Waals surface area (Å²) >= 11 is 8.75. The SMILES string of the molecule is CCC(C)(C)c1ccc(OCCCC(=O)c2ccc(Cl)c(NN)c2)c(C(C)(C)CC)c1.Cn1cnc2ccccc2c1=O.O=C(O)CBr. The van der Waals surface area contributed by atoms with E-state index in [9.17, 15) is 14.4 Å². The maximum Gasteiger partial charge on any atom is 0.314 e. The lowest BCUT2D eigenvalue weighted by Gasteiger charge is -2.30. The number of nitrogen functional groups attached to an aromatic ring is 1. The van der Waals surface area contributed by atoms with Crippen molar-refractivity contribution in [3.8, 4) is 5.75 Å². The Morgan fingerprint density at radius 2 is 1.67 bits per heavy atom. The molecule has 0 amide bonds. The minimum atomic E-state index is -0.829. The van der Waals surface area contributed by atoms with Gasteiger partial charge in [0.05, 0.1) is 34.5 Å². The molecule has 0 radical (unpaired) electrons. The van der Waals surface area contributed by atoms with Crippen LogP contribution < -0.4 is 21.6 Å². The number of fused-ring (bicyclic) bond motifs is 1. The third kappa shape index (κ3) is 11.5. The summed E-state index contributed by atoms with van der Waals surface area (Å²) in [5, 5.41) is 8.87. The maximum absolute atomic E-state index is 12.5. The Kier molecular flexibility index (Phi) is 15.8. The van der Waals surface area contributed by atoms with Gasteiger partial charge in [-0.25, -0.2) is 4.98 Å². The van der Waals surface area contributed by atoms with Crippen molar-refractivity contribution in [1.82, 2.24) is 9.55 Å². The van der Waals surface area contributed by atoms with Gasteiger partial charge in [-0.3, -0.25) is 20.2 Å². The average molecular weight is 744 g/mol. The number of halogens is 2. The molecule has 1 aromatic heterocycles. The number of aryl methyl sites for hydroxylation is 1. The fraction of sp³-hybridized carbons (Fsp3) is 0.405. The van der Waals surface area contributed by atoms with E-state index >= 15 is 0 Å². The number of hydrogen-bond donors (Lipinski definition) is 3. The number of carboxylic acid groups (broad SMARTS) is 1.